The van der Waals surface area contributed by atoms with Gasteiger partial charge in [-0.2, -0.15) is 0 Å². The van der Waals surface area contributed by atoms with Crippen molar-refractivity contribution in [3.63, 3.8) is 0 Å². The highest BCUT2D eigenvalue weighted by Crippen LogP contribution is 2.32. The Bertz CT molecular complexity index is 383. The number of aromatic hydroxyl groups is 1. The molecule has 0 aromatic heterocycles. The predicted molar refractivity (Wildman–Crippen MR) is 59.7 cm³/mol. The molecule has 0 amide bonds. The topological polar surface area (TPSA) is 37.3 Å². The van der Waals surface area contributed by atoms with E-state index in [1.54, 1.807) is 0 Å². The first kappa shape index (κ1) is 11.2. The molecule has 3 heteroatoms. The molecule has 0 unspecified atom stereocenters. The molecule has 0 heterocycles. The molecule has 1 rings (SSSR count). The van der Waals surface area contributed by atoms with Gasteiger partial charge in [0.25, 0.3) is 0 Å². The molecule has 0 aliphatic carbocycles. The smallest absolute Gasteiger partial charge is 0.134 e. The summed E-state index contributed by atoms with van der Waals surface area (Å²) in [5.74, 6) is 0.289. The van der Waals surface area contributed by atoms with Crippen LogP contribution >= 0.6 is 15.9 Å². The number of carbonyl (C=O) groups excluding carboxylic acids is 1. The van der Waals surface area contributed by atoms with Gasteiger partial charge in [0, 0.05) is 22.0 Å². The molecule has 0 radical (unpaired) electrons. The maximum Gasteiger partial charge on any atom is 0.134 e. The first-order valence-electron chi connectivity index (χ1n) is 4.40. The zero-order valence-corrected chi connectivity index (χ0v) is 10.1. The minimum absolute atomic E-state index is 0.0603. The Hall–Kier alpha value is -0.830. The molecule has 1 N–H and O–H groups in total. The van der Waals surface area contributed by atoms with Crippen molar-refractivity contribution in [1.29, 1.82) is 0 Å². The van der Waals surface area contributed by atoms with Gasteiger partial charge in [0.15, 0.2) is 0 Å². The van der Waals surface area contributed by atoms with Gasteiger partial charge in [-0.1, -0.05) is 15.9 Å². The summed E-state index contributed by atoms with van der Waals surface area (Å²) in [6, 6.07) is 1.92. The molecule has 0 bridgehead atoms. The Morgan fingerprint density at radius 1 is 1.50 bits per heavy atom. The van der Waals surface area contributed by atoms with E-state index in [4.69, 9.17) is 0 Å². The van der Waals surface area contributed by atoms with E-state index < -0.39 is 0 Å². The monoisotopic (exact) mass is 256 g/mol. The minimum Gasteiger partial charge on any atom is -0.507 e. The number of phenolic OH excluding ortho intramolecular Hbond substituents is 1. The first-order valence-corrected chi connectivity index (χ1v) is 5.19. The van der Waals surface area contributed by atoms with E-state index >= 15 is 0 Å². The Labute approximate surface area is 92.1 Å². The maximum atomic E-state index is 11.0. The Balaban J connectivity index is 3.29. The molecule has 0 aliphatic heterocycles. The van der Waals surface area contributed by atoms with E-state index in [1.807, 2.05) is 19.9 Å². The van der Waals surface area contributed by atoms with Crippen molar-refractivity contribution >= 4 is 21.7 Å². The SMILES string of the molecule is CC(=O)Cc1c(C)cc(Br)c(C)c1O. The molecular weight excluding hydrogens is 244 g/mol. The molecule has 0 saturated carbocycles. The zero-order chi connectivity index (χ0) is 10.9. The quantitative estimate of drug-likeness (QED) is 0.884. The average molecular weight is 257 g/mol. The van der Waals surface area contributed by atoms with Crippen LogP contribution < -0.4 is 0 Å². The van der Waals surface area contributed by atoms with Gasteiger partial charge in [-0.15, -0.1) is 0 Å². The minimum atomic E-state index is 0.0603. The van der Waals surface area contributed by atoms with E-state index in [2.05, 4.69) is 15.9 Å². The number of hydrogen-bond donors (Lipinski definition) is 1. The lowest BCUT2D eigenvalue weighted by Crippen LogP contribution is -2.00. The number of hydrogen-bond acceptors (Lipinski definition) is 2. The molecule has 1 aromatic carbocycles. The van der Waals surface area contributed by atoms with Gasteiger partial charge in [-0.25, -0.2) is 0 Å². The Kier molecular flexibility index (Phi) is 3.32. The normalized spacial score (nSPS) is 10.3. The third-order valence-electron chi connectivity index (χ3n) is 2.24. The highest BCUT2D eigenvalue weighted by atomic mass is 79.9. The van der Waals surface area contributed by atoms with Crippen LogP contribution in [0.4, 0.5) is 0 Å². The van der Waals surface area contributed by atoms with Crippen LogP contribution in [0.5, 0.6) is 5.75 Å². The van der Waals surface area contributed by atoms with Crippen molar-refractivity contribution in [2.24, 2.45) is 0 Å². The molecule has 2 nitrogen and oxygen atoms in total. The summed E-state index contributed by atoms with van der Waals surface area (Å²) >= 11 is 3.35. The highest BCUT2D eigenvalue weighted by Gasteiger charge is 2.12. The summed E-state index contributed by atoms with van der Waals surface area (Å²) in [5.41, 5.74) is 2.46. The van der Waals surface area contributed by atoms with Gasteiger partial charge in [-0.05, 0) is 32.4 Å². The van der Waals surface area contributed by atoms with Crippen LogP contribution in [0.25, 0.3) is 0 Å². The predicted octanol–water partition coefficient (Wildman–Crippen LogP) is 2.90. The van der Waals surface area contributed by atoms with E-state index in [0.29, 0.717) is 6.42 Å². The lowest BCUT2D eigenvalue weighted by molar-refractivity contribution is -0.116. The summed E-state index contributed by atoms with van der Waals surface area (Å²) in [6.07, 6.45) is 0.297. The fourth-order valence-corrected chi connectivity index (χ4v) is 1.91. The van der Waals surface area contributed by atoms with Crippen molar-refractivity contribution in [2.45, 2.75) is 27.2 Å². The van der Waals surface area contributed by atoms with E-state index in [9.17, 15) is 9.90 Å². The number of aryl methyl sites for hydroxylation is 1. The Morgan fingerprint density at radius 3 is 2.57 bits per heavy atom. The van der Waals surface area contributed by atoms with Gasteiger partial charge >= 0.3 is 0 Å². The lowest BCUT2D eigenvalue weighted by Gasteiger charge is -2.11. The fraction of sp³-hybridized carbons (Fsp3) is 0.364. The molecule has 0 aliphatic rings. The maximum absolute atomic E-state index is 11.0. The summed E-state index contributed by atoms with van der Waals surface area (Å²) in [7, 11) is 0. The van der Waals surface area contributed by atoms with Crippen molar-refractivity contribution < 1.29 is 9.90 Å². The van der Waals surface area contributed by atoms with E-state index in [0.717, 1.165) is 21.2 Å². The highest BCUT2D eigenvalue weighted by molar-refractivity contribution is 9.10. The second-order valence-corrected chi connectivity index (χ2v) is 4.36. The number of rotatable bonds is 2. The lowest BCUT2D eigenvalue weighted by atomic mass is 10.00. The van der Waals surface area contributed by atoms with Gasteiger partial charge in [0.2, 0.25) is 0 Å². The van der Waals surface area contributed by atoms with Gasteiger partial charge in [-0.3, -0.25) is 4.79 Å². The van der Waals surface area contributed by atoms with Crippen LogP contribution in [-0.2, 0) is 11.2 Å². The molecule has 1 aromatic rings. The second-order valence-electron chi connectivity index (χ2n) is 3.51. The standard InChI is InChI=1S/C11H13BrO2/c1-6-4-10(12)8(3)11(14)9(6)5-7(2)13/h4,14H,5H2,1-3H3. The van der Waals surface area contributed by atoms with Crippen LogP contribution in [0, 0.1) is 13.8 Å². The van der Waals surface area contributed by atoms with Crippen LogP contribution in [-0.4, -0.2) is 10.9 Å². The van der Waals surface area contributed by atoms with E-state index in [-0.39, 0.29) is 11.5 Å². The second kappa shape index (κ2) is 4.13. The van der Waals surface area contributed by atoms with Crippen molar-refractivity contribution in [2.75, 3.05) is 0 Å². The third-order valence-corrected chi connectivity index (χ3v) is 3.07. The van der Waals surface area contributed by atoms with Crippen LogP contribution in [0.15, 0.2) is 10.5 Å². The molecule has 0 saturated heterocycles. The fourth-order valence-electron chi connectivity index (χ4n) is 1.38. The largest absolute Gasteiger partial charge is 0.507 e. The summed E-state index contributed by atoms with van der Waals surface area (Å²) in [6.45, 7) is 5.24. The van der Waals surface area contributed by atoms with Crippen molar-refractivity contribution in [1.82, 2.24) is 0 Å². The van der Waals surface area contributed by atoms with Gasteiger partial charge < -0.3 is 5.11 Å². The summed E-state index contributed by atoms with van der Waals surface area (Å²) < 4.78 is 0.875. The molecule has 76 valence electrons. The Morgan fingerprint density at radius 2 is 2.07 bits per heavy atom. The van der Waals surface area contributed by atoms with Crippen molar-refractivity contribution in [3.05, 3.63) is 27.2 Å². The summed E-state index contributed by atoms with van der Waals surface area (Å²) in [4.78, 5) is 11.0. The molecule has 0 fully saturated rings. The molecular formula is C11H13BrO2. The number of ketones is 1. The van der Waals surface area contributed by atoms with Gasteiger partial charge in [0.1, 0.15) is 11.5 Å². The van der Waals surface area contributed by atoms with Crippen LogP contribution in [0.3, 0.4) is 0 Å². The zero-order valence-electron chi connectivity index (χ0n) is 8.52. The van der Waals surface area contributed by atoms with Crippen molar-refractivity contribution in [3.8, 4) is 5.75 Å². The van der Waals surface area contributed by atoms with Crippen LogP contribution in [0.2, 0.25) is 0 Å². The van der Waals surface area contributed by atoms with Crippen LogP contribution in [0.1, 0.15) is 23.6 Å². The third kappa shape index (κ3) is 2.15. The van der Waals surface area contributed by atoms with Gasteiger partial charge in [0.05, 0.1) is 0 Å². The van der Waals surface area contributed by atoms with E-state index in [1.165, 1.54) is 6.92 Å². The number of halogens is 1. The molecule has 0 spiro atoms. The number of carbonyl (C=O) groups is 1. The first-order chi connectivity index (χ1) is 6.43. The number of Topliss-reactive ketones (excluding diaryl/α,β-unsaturated/α-hetero) is 1. The molecule has 0 atom stereocenters. The number of phenols is 1. The number of benzene rings is 1. The summed E-state index contributed by atoms with van der Waals surface area (Å²) in [5, 5.41) is 9.83. The molecule has 14 heavy (non-hydrogen) atoms. The average Bonchev–Trinajstić information content (AvgIpc) is 2.09.